The summed E-state index contributed by atoms with van der Waals surface area (Å²) in [5.41, 5.74) is 2.50. The molecule has 0 unspecified atom stereocenters. The van der Waals surface area contributed by atoms with Crippen LogP contribution in [0.3, 0.4) is 0 Å². The lowest BCUT2D eigenvalue weighted by Gasteiger charge is -2.09. The van der Waals surface area contributed by atoms with Crippen LogP contribution in [-0.4, -0.2) is 16.6 Å². The van der Waals surface area contributed by atoms with Gasteiger partial charge in [0, 0.05) is 11.8 Å². The molecule has 4 rings (SSSR count). The normalized spacial score (nSPS) is 11.1. The Bertz CT molecular complexity index is 1230. The Kier molecular flexibility index (Phi) is 6.96. The summed E-state index contributed by atoms with van der Waals surface area (Å²) in [4.78, 5) is 8.66. The lowest BCUT2D eigenvalue weighted by Crippen LogP contribution is -2.00. The van der Waals surface area contributed by atoms with Crippen LogP contribution in [0.1, 0.15) is 29.4 Å². The number of benzene rings is 3. The van der Waals surface area contributed by atoms with E-state index in [0.29, 0.717) is 42.6 Å². The van der Waals surface area contributed by atoms with Crippen LogP contribution in [0.4, 0.5) is 8.78 Å². The second-order valence-electron chi connectivity index (χ2n) is 7.61. The number of aromatic nitrogens is 2. The fraction of sp³-hybridized carbons (Fsp3) is 0.231. The molecule has 0 fully saturated rings. The molecule has 32 heavy (non-hydrogen) atoms. The van der Waals surface area contributed by atoms with E-state index in [1.54, 1.807) is 18.5 Å². The molecule has 6 heteroatoms. The molecule has 0 saturated carbocycles. The highest BCUT2D eigenvalue weighted by molar-refractivity contribution is 6.30. The predicted molar refractivity (Wildman–Crippen MR) is 123 cm³/mol. The molecule has 0 N–H and O–H groups in total. The summed E-state index contributed by atoms with van der Waals surface area (Å²) in [6, 6.07) is 14.2. The van der Waals surface area contributed by atoms with Gasteiger partial charge in [-0.05, 0) is 60.4 Å². The molecule has 164 valence electrons. The SMILES string of the molecule is CCOc1cnc(CCc2ccc3c(F)c(CCc4ccc(Cl)c(F)c4)ccc3c2)nc1. The standard InChI is InChI=1S/C26H23ClF2N2O/c1-2-32-21-15-30-25(31-16-21)12-6-17-4-10-22-20(13-17)9-8-19(26(22)29)7-3-18-5-11-23(27)24(28)14-18/h4-5,8-11,13-16H,2-3,6-7,12H2,1H3. The maximum absolute atomic E-state index is 15.1. The van der Waals surface area contributed by atoms with Crippen molar-refractivity contribution in [3.8, 4) is 5.75 Å². The molecule has 0 spiro atoms. The average molecular weight is 453 g/mol. The molecule has 3 nitrogen and oxygen atoms in total. The molecule has 0 atom stereocenters. The summed E-state index contributed by atoms with van der Waals surface area (Å²) in [6.07, 6.45) is 5.84. The molecular formula is C26H23ClF2N2O. The Morgan fingerprint density at radius 2 is 1.56 bits per heavy atom. The zero-order chi connectivity index (χ0) is 22.5. The van der Waals surface area contributed by atoms with E-state index in [2.05, 4.69) is 9.97 Å². The van der Waals surface area contributed by atoms with Gasteiger partial charge in [0.05, 0.1) is 24.0 Å². The molecule has 0 radical (unpaired) electrons. The third-order valence-corrected chi connectivity index (χ3v) is 5.70. The Hall–Kier alpha value is -3.05. The van der Waals surface area contributed by atoms with Crippen molar-refractivity contribution in [3.05, 3.63) is 100 Å². The summed E-state index contributed by atoms with van der Waals surface area (Å²) in [5, 5.41) is 1.54. The van der Waals surface area contributed by atoms with Crippen LogP contribution in [0.15, 0.2) is 60.9 Å². The van der Waals surface area contributed by atoms with Gasteiger partial charge in [-0.25, -0.2) is 18.7 Å². The second-order valence-corrected chi connectivity index (χ2v) is 8.02. The third kappa shape index (κ3) is 5.22. The molecule has 0 aliphatic rings. The van der Waals surface area contributed by atoms with Crippen LogP contribution in [0.5, 0.6) is 5.75 Å². The lowest BCUT2D eigenvalue weighted by molar-refractivity contribution is 0.337. The molecule has 1 aromatic heterocycles. The first-order valence-corrected chi connectivity index (χ1v) is 11.0. The molecule has 0 aliphatic carbocycles. The number of aryl methyl sites for hydroxylation is 4. The van der Waals surface area contributed by atoms with E-state index in [0.717, 1.165) is 28.8 Å². The van der Waals surface area contributed by atoms with Crippen LogP contribution < -0.4 is 4.74 Å². The highest BCUT2D eigenvalue weighted by Crippen LogP contribution is 2.25. The van der Waals surface area contributed by atoms with E-state index in [9.17, 15) is 4.39 Å². The summed E-state index contributed by atoms with van der Waals surface area (Å²) in [7, 11) is 0. The molecule has 0 saturated heterocycles. The molecular weight excluding hydrogens is 430 g/mol. The van der Waals surface area contributed by atoms with Gasteiger partial charge >= 0.3 is 0 Å². The van der Waals surface area contributed by atoms with Crippen molar-refractivity contribution in [1.82, 2.24) is 9.97 Å². The summed E-state index contributed by atoms with van der Waals surface area (Å²) in [5.74, 6) is 0.729. The highest BCUT2D eigenvalue weighted by atomic mass is 35.5. The van der Waals surface area contributed by atoms with Crippen molar-refractivity contribution in [3.63, 3.8) is 0 Å². The Balaban J connectivity index is 1.43. The number of hydrogen-bond donors (Lipinski definition) is 0. The summed E-state index contributed by atoms with van der Waals surface area (Å²) < 4.78 is 34.1. The minimum Gasteiger partial charge on any atom is -0.491 e. The van der Waals surface area contributed by atoms with Crippen molar-refractivity contribution in [2.24, 2.45) is 0 Å². The topological polar surface area (TPSA) is 35.0 Å². The van der Waals surface area contributed by atoms with Crippen molar-refractivity contribution in [2.45, 2.75) is 32.6 Å². The van der Waals surface area contributed by atoms with E-state index in [1.165, 1.54) is 12.1 Å². The number of rotatable bonds is 8. The van der Waals surface area contributed by atoms with Crippen molar-refractivity contribution < 1.29 is 13.5 Å². The first-order chi connectivity index (χ1) is 15.5. The van der Waals surface area contributed by atoms with E-state index in [4.69, 9.17) is 16.3 Å². The fourth-order valence-corrected chi connectivity index (χ4v) is 3.80. The molecule has 0 bridgehead atoms. The van der Waals surface area contributed by atoms with Crippen molar-refractivity contribution in [2.75, 3.05) is 6.61 Å². The first kappa shape index (κ1) is 22.2. The van der Waals surface area contributed by atoms with Gasteiger partial charge < -0.3 is 4.74 Å². The Morgan fingerprint density at radius 1 is 0.844 bits per heavy atom. The zero-order valence-corrected chi connectivity index (χ0v) is 18.5. The van der Waals surface area contributed by atoms with Gasteiger partial charge in [-0.3, -0.25) is 0 Å². The van der Waals surface area contributed by atoms with Crippen LogP contribution >= 0.6 is 11.6 Å². The highest BCUT2D eigenvalue weighted by Gasteiger charge is 2.10. The largest absolute Gasteiger partial charge is 0.491 e. The summed E-state index contributed by atoms with van der Waals surface area (Å²) >= 11 is 5.73. The molecule has 0 amide bonds. The minimum atomic E-state index is -0.452. The number of halogens is 3. The van der Waals surface area contributed by atoms with E-state index < -0.39 is 5.82 Å². The van der Waals surface area contributed by atoms with Crippen molar-refractivity contribution in [1.29, 1.82) is 0 Å². The quantitative estimate of drug-likeness (QED) is 0.305. The average Bonchev–Trinajstić information content (AvgIpc) is 2.80. The smallest absolute Gasteiger partial charge is 0.155 e. The number of ether oxygens (including phenoxy) is 1. The lowest BCUT2D eigenvalue weighted by atomic mass is 9.98. The molecule has 4 aromatic rings. The maximum Gasteiger partial charge on any atom is 0.155 e. The van der Waals surface area contributed by atoms with Gasteiger partial charge in [0.25, 0.3) is 0 Å². The van der Waals surface area contributed by atoms with Crippen LogP contribution in [0.2, 0.25) is 5.02 Å². The van der Waals surface area contributed by atoms with Crippen LogP contribution in [-0.2, 0) is 25.7 Å². The number of fused-ring (bicyclic) bond motifs is 1. The fourth-order valence-electron chi connectivity index (χ4n) is 3.68. The molecule has 0 aliphatic heterocycles. The van der Waals surface area contributed by atoms with Gasteiger partial charge in [0.1, 0.15) is 17.5 Å². The Morgan fingerprint density at radius 3 is 2.31 bits per heavy atom. The van der Waals surface area contributed by atoms with Crippen LogP contribution in [0.25, 0.3) is 10.8 Å². The zero-order valence-electron chi connectivity index (χ0n) is 17.7. The van der Waals surface area contributed by atoms with Crippen LogP contribution in [0, 0.1) is 11.6 Å². The van der Waals surface area contributed by atoms with E-state index in [-0.39, 0.29) is 10.8 Å². The van der Waals surface area contributed by atoms with E-state index >= 15 is 4.39 Å². The third-order valence-electron chi connectivity index (χ3n) is 5.40. The number of hydrogen-bond acceptors (Lipinski definition) is 3. The van der Waals surface area contributed by atoms with Gasteiger partial charge in [-0.2, -0.15) is 0 Å². The Labute approximate surface area is 191 Å². The first-order valence-electron chi connectivity index (χ1n) is 10.6. The second kappa shape index (κ2) is 10.0. The van der Waals surface area contributed by atoms with E-state index in [1.807, 2.05) is 37.3 Å². The monoisotopic (exact) mass is 452 g/mol. The summed E-state index contributed by atoms with van der Waals surface area (Å²) in [6.45, 7) is 2.50. The molecule has 3 aromatic carbocycles. The number of nitrogens with zero attached hydrogens (tertiary/aromatic N) is 2. The van der Waals surface area contributed by atoms with Gasteiger partial charge in [0.2, 0.25) is 0 Å². The predicted octanol–water partition coefficient (Wildman–Crippen LogP) is 6.53. The molecule has 1 heterocycles. The minimum absolute atomic E-state index is 0.0931. The van der Waals surface area contributed by atoms with Crippen molar-refractivity contribution >= 4 is 22.4 Å². The maximum atomic E-state index is 15.1. The van der Waals surface area contributed by atoms with Gasteiger partial charge in [-0.1, -0.05) is 48.0 Å². The van der Waals surface area contributed by atoms with Gasteiger partial charge in [-0.15, -0.1) is 0 Å². The van der Waals surface area contributed by atoms with Gasteiger partial charge in [0.15, 0.2) is 5.75 Å².